The fraction of sp³-hybridized carbons (Fsp3) is 0.375. The van der Waals surface area contributed by atoms with Gasteiger partial charge in [-0.2, -0.15) is 0 Å². The number of hydrogen-bond acceptors (Lipinski definition) is 2. The number of amides is 1. The summed E-state index contributed by atoms with van der Waals surface area (Å²) in [4.78, 5) is 10.6. The Balaban J connectivity index is 3.90. The Bertz CT molecular complexity index is 173. The summed E-state index contributed by atoms with van der Waals surface area (Å²) in [5, 5.41) is 2.89. The minimum absolute atomic E-state index is 0.371. The van der Waals surface area contributed by atoms with Crippen LogP contribution in [0.15, 0.2) is 24.4 Å². The molecule has 3 heteroatoms. The van der Waals surface area contributed by atoms with Crippen molar-refractivity contribution in [1.82, 2.24) is 5.32 Å². The minimum atomic E-state index is -0.371. The van der Waals surface area contributed by atoms with Crippen molar-refractivity contribution in [3.8, 4) is 0 Å². The van der Waals surface area contributed by atoms with Gasteiger partial charge in [-0.3, -0.25) is 4.79 Å². The van der Waals surface area contributed by atoms with Crippen molar-refractivity contribution >= 4 is 5.91 Å². The third-order valence-corrected chi connectivity index (χ3v) is 1.24. The van der Waals surface area contributed by atoms with Crippen LogP contribution >= 0.6 is 0 Å². The van der Waals surface area contributed by atoms with Gasteiger partial charge in [0.1, 0.15) is 0 Å². The number of nitrogens with one attached hydrogen (secondary N) is 1. The first-order valence-electron chi connectivity index (χ1n) is 3.55. The molecule has 0 aromatic carbocycles. The largest absolute Gasteiger partial charge is 0.387 e. The fourth-order valence-electron chi connectivity index (χ4n) is 0.613. The molecule has 0 saturated carbocycles. The van der Waals surface area contributed by atoms with Crippen LogP contribution in [-0.4, -0.2) is 12.5 Å². The number of carbonyl (C=O) groups excluding carboxylic acids is 1. The lowest BCUT2D eigenvalue weighted by Gasteiger charge is -1.99. The van der Waals surface area contributed by atoms with Gasteiger partial charge >= 0.3 is 0 Å². The van der Waals surface area contributed by atoms with Gasteiger partial charge in [0, 0.05) is 18.3 Å². The summed E-state index contributed by atoms with van der Waals surface area (Å²) in [5.74, 6) is -0.371. The van der Waals surface area contributed by atoms with Crippen LogP contribution < -0.4 is 11.1 Å². The molecule has 11 heavy (non-hydrogen) atoms. The van der Waals surface area contributed by atoms with E-state index in [4.69, 9.17) is 5.73 Å². The van der Waals surface area contributed by atoms with E-state index >= 15 is 0 Å². The van der Waals surface area contributed by atoms with E-state index in [1.54, 1.807) is 12.3 Å². The summed E-state index contributed by atoms with van der Waals surface area (Å²) in [6.45, 7) is 6.05. The van der Waals surface area contributed by atoms with Gasteiger partial charge < -0.3 is 11.1 Å². The molecule has 0 bridgehead atoms. The standard InChI is InChI=1S/C8H14N2O/c1-3-5-10-6-7(4-2)8(9)11/h3,6,10H,1,4-5H2,2H3,(H2,9,11). The average Bonchev–Trinajstić information content (AvgIpc) is 1.97. The second-order valence-electron chi connectivity index (χ2n) is 2.08. The first-order valence-corrected chi connectivity index (χ1v) is 3.55. The van der Waals surface area contributed by atoms with E-state index in [-0.39, 0.29) is 5.91 Å². The second-order valence-corrected chi connectivity index (χ2v) is 2.08. The van der Waals surface area contributed by atoms with Crippen molar-refractivity contribution in [3.05, 3.63) is 24.4 Å². The molecule has 1 amide bonds. The van der Waals surface area contributed by atoms with Gasteiger partial charge in [0.2, 0.25) is 5.91 Å². The monoisotopic (exact) mass is 154 g/mol. The topological polar surface area (TPSA) is 55.1 Å². The minimum Gasteiger partial charge on any atom is -0.387 e. The zero-order chi connectivity index (χ0) is 8.69. The number of rotatable bonds is 5. The molecule has 0 saturated heterocycles. The smallest absolute Gasteiger partial charge is 0.246 e. The van der Waals surface area contributed by atoms with E-state index in [1.165, 1.54) is 0 Å². The first kappa shape index (κ1) is 9.75. The van der Waals surface area contributed by atoms with E-state index in [9.17, 15) is 4.79 Å². The Morgan fingerprint density at radius 3 is 2.73 bits per heavy atom. The predicted molar refractivity (Wildman–Crippen MR) is 45.8 cm³/mol. The Hall–Kier alpha value is -1.25. The third-order valence-electron chi connectivity index (χ3n) is 1.24. The molecule has 0 fully saturated rings. The van der Waals surface area contributed by atoms with E-state index in [0.717, 1.165) is 0 Å². The Morgan fingerprint density at radius 2 is 2.36 bits per heavy atom. The van der Waals surface area contributed by atoms with Gasteiger partial charge in [-0.05, 0) is 6.42 Å². The van der Waals surface area contributed by atoms with Crippen LogP contribution in [0.2, 0.25) is 0 Å². The highest BCUT2D eigenvalue weighted by atomic mass is 16.1. The quantitative estimate of drug-likeness (QED) is 0.345. The number of primary amides is 1. The molecular formula is C8H14N2O. The van der Waals surface area contributed by atoms with Crippen LogP contribution in [0.3, 0.4) is 0 Å². The van der Waals surface area contributed by atoms with Gasteiger partial charge in [0.15, 0.2) is 0 Å². The molecule has 0 unspecified atom stereocenters. The number of hydrogen-bond donors (Lipinski definition) is 2. The van der Waals surface area contributed by atoms with Crippen LogP contribution in [0, 0.1) is 0 Å². The van der Waals surface area contributed by atoms with Gasteiger partial charge in [-0.15, -0.1) is 6.58 Å². The predicted octanol–water partition coefficient (Wildman–Crippen LogP) is 0.541. The van der Waals surface area contributed by atoms with Crippen molar-refractivity contribution in [1.29, 1.82) is 0 Å². The van der Waals surface area contributed by atoms with Crippen LogP contribution in [0.1, 0.15) is 13.3 Å². The van der Waals surface area contributed by atoms with E-state index in [2.05, 4.69) is 11.9 Å². The zero-order valence-electron chi connectivity index (χ0n) is 6.76. The molecule has 3 N–H and O–H groups in total. The molecule has 0 aliphatic carbocycles. The molecular weight excluding hydrogens is 140 g/mol. The lowest BCUT2D eigenvalue weighted by atomic mass is 10.2. The number of carbonyl (C=O) groups is 1. The SMILES string of the molecule is C=CCNC=C(CC)C(N)=O. The molecule has 62 valence electrons. The third kappa shape index (κ3) is 4.19. The summed E-state index contributed by atoms with van der Waals surface area (Å²) in [7, 11) is 0. The van der Waals surface area contributed by atoms with E-state index < -0.39 is 0 Å². The van der Waals surface area contributed by atoms with Gasteiger partial charge in [0.25, 0.3) is 0 Å². The molecule has 0 heterocycles. The maximum Gasteiger partial charge on any atom is 0.246 e. The van der Waals surface area contributed by atoms with Gasteiger partial charge in [-0.1, -0.05) is 13.0 Å². The average molecular weight is 154 g/mol. The lowest BCUT2D eigenvalue weighted by Crippen LogP contribution is -2.16. The normalized spacial score (nSPS) is 10.8. The summed E-state index contributed by atoms with van der Waals surface area (Å²) < 4.78 is 0. The molecule has 0 aromatic rings. The highest BCUT2D eigenvalue weighted by Crippen LogP contribution is 1.95. The first-order chi connectivity index (χ1) is 5.22. The van der Waals surface area contributed by atoms with Crippen molar-refractivity contribution in [3.63, 3.8) is 0 Å². The number of nitrogens with two attached hydrogens (primary N) is 1. The summed E-state index contributed by atoms with van der Waals surface area (Å²) in [5.41, 5.74) is 5.66. The van der Waals surface area contributed by atoms with Crippen molar-refractivity contribution in [2.75, 3.05) is 6.54 Å². The zero-order valence-corrected chi connectivity index (χ0v) is 6.76. The van der Waals surface area contributed by atoms with Crippen LogP contribution in [-0.2, 0) is 4.79 Å². The molecule has 3 nitrogen and oxygen atoms in total. The van der Waals surface area contributed by atoms with E-state index in [0.29, 0.717) is 18.5 Å². The Morgan fingerprint density at radius 1 is 1.73 bits per heavy atom. The molecule has 0 aliphatic rings. The lowest BCUT2D eigenvalue weighted by molar-refractivity contribution is -0.114. The fourth-order valence-corrected chi connectivity index (χ4v) is 0.613. The molecule has 0 rings (SSSR count). The molecule has 0 atom stereocenters. The van der Waals surface area contributed by atoms with Gasteiger partial charge in [0.05, 0.1) is 0 Å². The van der Waals surface area contributed by atoms with Gasteiger partial charge in [-0.25, -0.2) is 0 Å². The Kier molecular flexibility index (Phi) is 4.90. The molecule has 0 aliphatic heterocycles. The maximum absolute atomic E-state index is 10.6. The summed E-state index contributed by atoms with van der Waals surface area (Å²) in [6.07, 6.45) is 3.99. The molecule has 0 spiro atoms. The molecule has 0 aromatic heterocycles. The van der Waals surface area contributed by atoms with E-state index in [1.807, 2.05) is 6.92 Å². The molecule has 0 radical (unpaired) electrons. The van der Waals surface area contributed by atoms with Crippen LogP contribution in [0.4, 0.5) is 0 Å². The summed E-state index contributed by atoms with van der Waals surface area (Å²) >= 11 is 0. The highest BCUT2D eigenvalue weighted by Gasteiger charge is 1.98. The second kappa shape index (κ2) is 5.53. The maximum atomic E-state index is 10.6. The van der Waals surface area contributed by atoms with Crippen molar-refractivity contribution in [2.24, 2.45) is 5.73 Å². The highest BCUT2D eigenvalue weighted by molar-refractivity contribution is 5.91. The van der Waals surface area contributed by atoms with Crippen LogP contribution in [0.5, 0.6) is 0 Å². The van der Waals surface area contributed by atoms with Crippen molar-refractivity contribution in [2.45, 2.75) is 13.3 Å². The van der Waals surface area contributed by atoms with Crippen LogP contribution in [0.25, 0.3) is 0 Å². The summed E-state index contributed by atoms with van der Waals surface area (Å²) in [6, 6.07) is 0. The Labute approximate surface area is 67.0 Å². The van der Waals surface area contributed by atoms with Crippen molar-refractivity contribution < 1.29 is 4.79 Å².